The van der Waals surface area contributed by atoms with Crippen molar-refractivity contribution < 1.29 is 14.3 Å². The highest BCUT2D eigenvalue weighted by Crippen LogP contribution is 2.36. The molecule has 1 aliphatic heterocycles. The lowest BCUT2D eigenvalue weighted by Crippen LogP contribution is -2.32. The summed E-state index contributed by atoms with van der Waals surface area (Å²) in [7, 11) is 1.46. The predicted octanol–water partition coefficient (Wildman–Crippen LogP) is 4.56. The standard InChI is InChI=1S/C18H17Cl2NO3/c1-10-3-6-15-11(9-10)14(7-8-24-15)21-18(22)16-12(19)4-5-13(20)17(16)23-2/h3-6,9,14H,7-8H2,1-2H3,(H,21,22). The number of benzene rings is 2. The first kappa shape index (κ1) is 16.9. The van der Waals surface area contributed by atoms with Gasteiger partial charge in [-0.15, -0.1) is 0 Å². The van der Waals surface area contributed by atoms with Gasteiger partial charge in [-0.2, -0.15) is 0 Å². The first-order chi connectivity index (χ1) is 11.5. The topological polar surface area (TPSA) is 47.6 Å². The Kier molecular flexibility index (Phi) is 4.88. The summed E-state index contributed by atoms with van der Waals surface area (Å²) in [6.45, 7) is 2.55. The molecule has 0 saturated carbocycles. The van der Waals surface area contributed by atoms with E-state index >= 15 is 0 Å². The lowest BCUT2D eigenvalue weighted by atomic mass is 9.98. The van der Waals surface area contributed by atoms with Gasteiger partial charge in [0.05, 0.1) is 29.8 Å². The highest BCUT2D eigenvalue weighted by Gasteiger charge is 2.26. The zero-order valence-corrected chi connectivity index (χ0v) is 14.9. The van der Waals surface area contributed by atoms with Crippen molar-refractivity contribution in [1.82, 2.24) is 5.32 Å². The Morgan fingerprint density at radius 3 is 2.75 bits per heavy atom. The lowest BCUT2D eigenvalue weighted by molar-refractivity contribution is 0.0922. The quantitative estimate of drug-likeness (QED) is 0.866. The van der Waals surface area contributed by atoms with Crippen molar-refractivity contribution in [3.8, 4) is 11.5 Å². The maximum absolute atomic E-state index is 12.8. The molecule has 0 spiro atoms. The SMILES string of the molecule is COc1c(Cl)ccc(Cl)c1C(=O)NC1CCOc2ccc(C)cc21. The molecular formula is C18H17Cl2NO3. The molecule has 0 fully saturated rings. The van der Waals surface area contributed by atoms with Crippen LogP contribution in [0, 0.1) is 6.92 Å². The van der Waals surface area contributed by atoms with Gasteiger partial charge in [-0.1, -0.05) is 40.9 Å². The number of carbonyl (C=O) groups is 1. The minimum atomic E-state index is -0.321. The molecule has 4 nitrogen and oxygen atoms in total. The fraction of sp³-hybridized carbons (Fsp3) is 0.278. The van der Waals surface area contributed by atoms with Gasteiger partial charge >= 0.3 is 0 Å². The summed E-state index contributed by atoms with van der Waals surface area (Å²) in [5.74, 6) is 0.748. The first-order valence-electron chi connectivity index (χ1n) is 7.57. The Morgan fingerprint density at radius 1 is 1.25 bits per heavy atom. The number of amides is 1. The molecule has 1 N–H and O–H groups in total. The first-order valence-corrected chi connectivity index (χ1v) is 8.33. The summed E-state index contributed by atoms with van der Waals surface area (Å²) >= 11 is 12.3. The van der Waals surface area contributed by atoms with E-state index in [1.807, 2.05) is 25.1 Å². The smallest absolute Gasteiger partial charge is 0.257 e. The van der Waals surface area contributed by atoms with E-state index in [1.54, 1.807) is 12.1 Å². The van der Waals surface area contributed by atoms with Crippen LogP contribution in [0.15, 0.2) is 30.3 Å². The number of hydrogen-bond donors (Lipinski definition) is 1. The molecule has 1 aliphatic rings. The van der Waals surface area contributed by atoms with Gasteiger partial charge in [-0.25, -0.2) is 0 Å². The maximum atomic E-state index is 12.8. The number of halogens is 2. The van der Waals surface area contributed by atoms with E-state index in [2.05, 4.69) is 5.32 Å². The highest BCUT2D eigenvalue weighted by molar-refractivity contribution is 6.37. The Hall–Kier alpha value is -1.91. The van der Waals surface area contributed by atoms with Crippen molar-refractivity contribution in [2.45, 2.75) is 19.4 Å². The van der Waals surface area contributed by atoms with Gasteiger partial charge in [0.25, 0.3) is 5.91 Å². The Morgan fingerprint density at radius 2 is 2.00 bits per heavy atom. The molecule has 1 atom stereocenters. The van der Waals surface area contributed by atoms with Crippen molar-refractivity contribution in [2.24, 2.45) is 0 Å². The number of rotatable bonds is 3. The lowest BCUT2D eigenvalue weighted by Gasteiger charge is -2.27. The molecule has 0 saturated heterocycles. The second-order valence-corrected chi connectivity index (χ2v) is 6.46. The van der Waals surface area contributed by atoms with E-state index in [1.165, 1.54) is 7.11 Å². The van der Waals surface area contributed by atoms with E-state index in [9.17, 15) is 4.79 Å². The highest BCUT2D eigenvalue weighted by atomic mass is 35.5. The zero-order chi connectivity index (χ0) is 17.3. The van der Waals surface area contributed by atoms with E-state index in [0.717, 1.165) is 16.9 Å². The van der Waals surface area contributed by atoms with E-state index in [0.29, 0.717) is 23.1 Å². The third kappa shape index (κ3) is 3.17. The van der Waals surface area contributed by atoms with Crippen LogP contribution in [-0.2, 0) is 0 Å². The fourth-order valence-corrected chi connectivity index (χ4v) is 3.31. The summed E-state index contributed by atoms with van der Waals surface area (Å²) in [4.78, 5) is 12.8. The third-order valence-electron chi connectivity index (χ3n) is 4.00. The Labute approximate surface area is 150 Å². The summed E-state index contributed by atoms with van der Waals surface area (Å²) in [6.07, 6.45) is 0.683. The molecule has 0 aromatic heterocycles. The van der Waals surface area contributed by atoms with Crippen LogP contribution in [0.25, 0.3) is 0 Å². The van der Waals surface area contributed by atoms with Crippen molar-refractivity contribution >= 4 is 29.1 Å². The average Bonchev–Trinajstić information content (AvgIpc) is 2.57. The van der Waals surface area contributed by atoms with Gasteiger partial charge in [-0.3, -0.25) is 4.79 Å². The van der Waals surface area contributed by atoms with Crippen LogP contribution in [0.4, 0.5) is 0 Å². The second-order valence-electron chi connectivity index (χ2n) is 5.64. The van der Waals surface area contributed by atoms with Crippen molar-refractivity contribution in [3.63, 3.8) is 0 Å². The zero-order valence-electron chi connectivity index (χ0n) is 13.4. The summed E-state index contributed by atoms with van der Waals surface area (Å²) < 4.78 is 10.9. The number of methoxy groups -OCH3 is 1. The number of fused-ring (bicyclic) bond motifs is 1. The van der Waals surface area contributed by atoms with Crippen LogP contribution in [-0.4, -0.2) is 19.6 Å². The Bertz CT molecular complexity index is 792. The second kappa shape index (κ2) is 6.91. The number of ether oxygens (including phenoxy) is 2. The fourth-order valence-electron chi connectivity index (χ4n) is 2.84. The molecule has 1 amide bonds. The van der Waals surface area contributed by atoms with Crippen LogP contribution in [0.3, 0.4) is 0 Å². The molecule has 0 aliphatic carbocycles. The summed E-state index contributed by atoms with van der Waals surface area (Å²) in [6, 6.07) is 8.98. The minimum absolute atomic E-state index is 0.152. The molecule has 126 valence electrons. The van der Waals surface area contributed by atoms with Crippen LogP contribution >= 0.6 is 23.2 Å². The van der Waals surface area contributed by atoms with Gasteiger partial charge in [0.15, 0.2) is 5.75 Å². The largest absolute Gasteiger partial charge is 0.494 e. The molecule has 2 aromatic carbocycles. The third-order valence-corrected chi connectivity index (χ3v) is 4.61. The maximum Gasteiger partial charge on any atom is 0.257 e. The van der Waals surface area contributed by atoms with Crippen LogP contribution in [0.2, 0.25) is 10.0 Å². The van der Waals surface area contributed by atoms with Gasteiger partial charge in [-0.05, 0) is 25.1 Å². The molecule has 6 heteroatoms. The molecule has 1 unspecified atom stereocenters. The van der Waals surface area contributed by atoms with Gasteiger partial charge in [0.2, 0.25) is 0 Å². The average molecular weight is 366 g/mol. The van der Waals surface area contributed by atoms with E-state index in [-0.39, 0.29) is 23.3 Å². The molecule has 2 aromatic rings. The van der Waals surface area contributed by atoms with Crippen molar-refractivity contribution in [1.29, 1.82) is 0 Å². The van der Waals surface area contributed by atoms with E-state index in [4.69, 9.17) is 32.7 Å². The van der Waals surface area contributed by atoms with Crippen LogP contribution in [0.5, 0.6) is 11.5 Å². The number of hydrogen-bond acceptors (Lipinski definition) is 3. The van der Waals surface area contributed by atoms with Gasteiger partial charge in [0, 0.05) is 12.0 Å². The monoisotopic (exact) mass is 365 g/mol. The molecule has 0 bridgehead atoms. The molecular weight excluding hydrogens is 349 g/mol. The van der Waals surface area contributed by atoms with Crippen LogP contribution < -0.4 is 14.8 Å². The minimum Gasteiger partial charge on any atom is -0.494 e. The molecule has 0 radical (unpaired) electrons. The molecule has 1 heterocycles. The summed E-state index contributed by atoms with van der Waals surface area (Å²) in [5.41, 5.74) is 2.32. The predicted molar refractivity (Wildman–Crippen MR) is 94.5 cm³/mol. The normalized spacial score (nSPS) is 16.1. The van der Waals surface area contributed by atoms with Gasteiger partial charge < -0.3 is 14.8 Å². The van der Waals surface area contributed by atoms with Crippen molar-refractivity contribution in [3.05, 3.63) is 57.1 Å². The Balaban J connectivity index is 1.93. The van der Waals surface area contributed by atoms with Crippen LogP contribution in [0.1, 0.15) is 33.9 Å². The van der Waals surface area contributed by atoms with Crippen molar-refractivity contribution in [2.75, 3.05) is 13.7 Å². The number of aryl methyl sites for hydroxylation is 1. The summed E-state index contributed by atoms with van der Waals surface area (Å²) in [5, 5.41) is 3.66. The number of carbonyl (C=O) groups excluding carboxylic acids is 1. The molecule has 24 heavy (non-hydrogen) atoms. The molecule has 3 rings (SSSR count). The number of nitrogens with one attached hydrogen (secondary N) is 1. The van der Waals surface area contributed by atoms with Gasteiger partial charge in [0.1, 0.15) is 11.3 Å². The van der Waals surface area contributed by atoms with E-state index < -0.39 is 0 Å².